The fourth-order valence-corrected chi connectivity index (χ4v) is 3.90. The smallest absolute Gasteiger partial charge is 0.255 e. The zero-order valence-corrected chi connectivity index (χ0v) is 17.5. The molecule has 4 amide bonds. The minimum atomic E-state index is -0.673. The Bertz CT molecular complexity index is 1060. The summed E-state index contributed by atoms with van der Waals surface area (Å²) in [5, 5.41) is 5.14. The summed E-state index contributed by atoms with van der Waals surface area (Å²) in [4.78, 5) is 50.5. The molecule has 1 unspecified atom stereocenters. The lowest BCUT2D eigenvalue weighted by atomic mass is 10.0. The van der Waals surface area contributed by atoms with Gasteiger partial charge < -0.3 is 16.0 Å². The molecule has 8 nitrogen and oxygen atoms in total. The van der Waals surface area contributed by atoms with Gasteiger partial charge in [-0.3, -0.25) is 24.5 Å². The van der Waals surface area contributed by atoms with Crippen LogP contribution in [0.4, 0.5) is 0 Å². The quantitative estimate of drug-likeness (QED) is 0.602. The summed E-state index contributed by atoms with van der Waals surface area (Å²) in [5.41, 5.74) is 9.18. The molecule has 1 saturated heterocycles. The molecule has 0 radical (unpaired) electrons. The van der Waals surface area contributed by atoms with Gasteiger partial charge in [-0.25, -0.2) is 0 Å². The summed E-state index contributed by atoms with van der Waals surface area (Å²) in [5.74, 6) is -1.38. The van der Waals surface area contributed by atoms with E-state index in [-0.39, 0.29) is 43.1 Å². The molecular formula is C22H23ClN4O4. The number of amides is 4. The third-order valence-electron chi connectivity index (χ3n) is 5.57. The Morgan fingerprint density at radius 2 is 1.87 bits per heavy atom. The molecule has 0 aliphatic carbocycles. The number of hydrogen-bond donors (Lipinski definition) is 3. The van der Waals surface area contributed by atoms with Crippen LogP contribution in [-0.4, -0.2) is 34.6 Å². The van der Waals surface area contributed by atoms with E-state index in [2.05, 4.69) is 10.6 Å². The van der Waals surface area contributed by atoms with Crippen molar-refractivity contribution in [3.05, 3.63) is 70.3 Å². The zero-order chi connectivity index (χ0) is 21.3. The zero-order valence-electron chi connectivity index (χ0n) is 16.7. The van der Waals surface area contributed by atoms with Gasteiger partial charge in [0.05, 0.1) is 0 Å². The number of hydrogen-bond acceptors (Lipinski definition) is 5. The number of fused-ring (bicyclic) bond motifs is 1. The van der Waals surface area contributed by atoms with E-state index < -0.39 is 11.9 Å². The van der Waals surface area contributed by atoms with Crippen molar-refractivity contribution in [1.29, 1.82) is 0 Å². The average molecular weight is 443 g/mol. The van der Waals surface area contributed by atoms with Crippen LogP contribution in [0.1, 0.15) is 50.2 Å². The average Bonchev–Trinajstić information content (AvgIpc) is 3.08. The summed E-state index contributed by atoms with van der Waals surface area (Å²) in [6.45, 7) is 1.00. The van der Waals surface area contributed by atoms with Crippen molar-refractivity contribution in [2.75, 3.05) is 0 Å². The van der Waals surface area contributed by atoms with Crippen LogP contribution in [0.3, 0.4) is 0 Å². The van der Waals surface area contributed by atoms with Crippen molar-refractivity contribution >= 4 is 36.0 Å². The maximum atomic E-state index is 12.9. The van der Waals surface area contributed by atoms with E-state index in [1.54, 1.807) is 18.2 Å². The van der Waals surface area contributed by atoms with Gasteiger partial charge in [-0.1, -0.05) is 30.3 Å². The standard InChI is InChI=1S/C22H22N4O4.ClH/c23-10-14-3-1-2-4-15(14)11-24-20(28)13-5-6-16-12-26(22(30)17(16)9-13)18-7-8-19(27)25-21(18)29;/h1-6,9,18H,7-8,10-12,23H2,(H,24,28)(H,25,27,29);1H. The number of carbonyl (C=O) groups excluding carboxylic acids is 4. The molecule has 162 valence electrons. The molecule has 2 aromatic rings. The molecular weight excluding hydrogens is 420 g/mol. The first-order valence-corrected chi connectivity index (χ1v) is 9.80. The monoisotopic (exact) mass is 442 g/mol. The van der Waals surface area contributed by atoms with Gasteiger partial charge in [-0.05, 0) is 35.2 Å². The molecule has 2 aromatic carbocycles. The van der Waals surface area contributed by atoms with Crippen LogP contribution in [0.15, 0.2) is 42.5 Å². The second kappa shape index (κ2) is 9.28. The molecule has 2 aliphatic heterocycles. The predicted molar refractivity (Wildman–Crippen MR) is 115 cm³/mol. The molecule has 31 heavy (non-hydrogen) atoms. The van der Waals surface area contributed by atoms with Crippen LogP contribution in [0, 0.1) is 0 Å². The Morgan fingerprint density at radius 1 is 1.13 bits per heavy atom. The first kappa shape index (κ1) is 22.5. The van der Waals surface area contributed by atoms with Crippen LogP contribution in [-0.2, 0) is 29.2 Å². The Kier molecular flexibility index (Phi) is 6.72. The number of nitrogens with one attached hydrogen (secondary N) is 2. The lowest BCUT2D eigenvalue weighted by Crippen LogP contribution is -2.52. The van der Waals surface area contributed by atoms with Gasteiger partial charge in [0.15, 0.2) is 0 Å². The molecule has 0 spiro atoms. The minimum absolute atomic E-state index is 0. The normalized spacial score (nSPS) is 17.6. The van der Waals surface area contributed by atoms with E-state index in [1.165, 1.54) is 4.90 Å². The van der Waals surface area contributed by atoms with Crippen molar-refractivity contribution in [1.82, 2.24) is 15.5 Å². The molecule has 2 aliphatic rings. The fourth-order valence-electron chi connectivity index (χ4n) is 3.90. The van der Waals surface area contributed by atoms with Gasteiger partial charge in [0, 0.05) is 37.2 Å². The van der Waals surface area contributed by atoms with Crippen molar-refractivity contribution in [3.63, 3.8) is 0 Å². The van der Waals surface area contributed by atoms with Crippen LogP contribution >= 0.6 is 12.4 Å². The number of imide groups is 1. The SMILES string of the molecule is Cl.NCc1ccccc1CNC(=O)c1ccc2c(c1)C(=O)N(C1CCC(=O)NC1=O)C2. The lowest BCUT2D eigenvalue weighted by molar-refractivity contribution is -0.136. The molecule has 4 N–H and O–H groups in total. The number of carbonyl (C=O) groups is 4. The predicted octanol–water partition coefficient (Wildman–Crippen LogP) is 1.26. The number of piperidine rings is 1. The van der Waals surface area contributed by atoms with Gasteiger partial charge in [0.1, 0.15) is 6.04 Å². The highest BCUT2D eigenvalue weighted by Gasteiger charge is 2.39. The van der Waals surface area contributed by atoms with Crippen molar-refractivity contribution < 1.29 is 19.2 Å². The first-order valence-electron chi connectivity index (χ1n) is 9.80. The number of nitrogens with zero attached hydrogens (tertiary/aromatic N) is 1. The van der Waals surface area contributed by atoms with Crippen molar-refractivity contribution in [3.8, 4) is 0 Å². The number of benzene rings is 2. The van der Waals surface area contributed by atoms with Gasteiger partial charge in [-0.2, -0.15) is 0 Å². The highest BCUT2D eigenvalue weighted by molar-refractivity contribution is 6.06. The first-order chi connectivity index (χ1) is 14.5. The third kappa shape index (κ3) is 4.45. The van der Waals surface area contributed by atoms with E-state index in [9.17, 15) is 19.2 Å². The van der Waals surface area contributed by atoms with Crippen LogP contribution in [0.5, 0.6) is 0 Å². The van der Waals surface area contributed by atoms with Crippen LogP contribution < -0.4 is 16.4 Å². The molecule has 9 heteroatoms. The summed E-state index contributed by atoms with van der Waals surface area (Å²) in [6, 6.07) is 11.9. The largest absolute Gasteiger partial charge is 0.348 e. The van der Waals surface area contributed by atoms with Gasteiger partial charge >= 0.3 is 0 Å². The maximum absolute atomic E-state index is 12.9. The van der Waals surface area contributed by atoms with Gasteiger partial charge in [-0.15, -0.1) is 12.4 Å². The van der Waals surface area contributed by atoms with Crippen LogP contribution in [0.25, 0.3) is 0 Å². The Hall–Kier alpha value is -3.23. The van der Waals surface area contributed by atoms with E-state index in [1.807, 2.05) is 24.3 Å². The van der Waals surface area contributed by atoms with Crippen molar-refractivity contribution in [2.45, 2.75) is 38.5 Å². The second-order valence-electron chi connectivity index (χ2n) is 7.43. The number of rotatable bonds is 5. The number of halogens is 1. The molecule has 1 atom stereocenters. The summed E-state index contributed by atoms with van der Waals surface area (Å²) < 4.78 is 0. The fraction of sp³-hybridized carbons (Fsp3) is 0.273. The Balaban J connectivity index is 0.00000272. The van der Waals surface area contributed by atoms with Gasteiger partial charge in [0.2, 0.25) is 11.8 Å². The third-order valence-corrected chi connectivity index (χ3v) is 5.57. The highest BCUT2D eigenvalue weighted by atomic mass is 35.5. The molecule has 1 fully saturated rings. The van der Waals surface area contributed by atoms with E-state index in [0.29, 0.717) is 30.6 Å². The maximum Gasteiger partial charge on any atom is 0.255 e. The summed E-state index contributed by atoms with van der Waals surface area (Å²) >= 11 is 0. The highest BCUT2D eigenvalue weighted by Crippen LogP contribution is 2.28. The second-order valence-corrected chi connectivity index (χ2v) is 7.43. The molecule has 2 heterocycles. The lowest BCUT2D eigenvalue weighted by Gasteiger charge is -2.29. The Labute approximate surface area is 185 Å². The van der Waals surface area contributed by atoms with E-state index in [4.69, 9.17) is 5.73 Å². The van der Waals surface area contributed by atoms with Crippen LogP contribution in [0.2, 0.25) is 0 Å². The summed E-state index contributed by atoms with van der Waals surface area (Å²) in [6.07, 6.45) is 0.507. The Morgan fingerprint density at radius 3 is 2.58 bits per heavy atom. The van der Waals surface area contributed by atoms with E-state index >= 15 is 0 Å². The van der Waals surface area contributed by atoms with Crippen molar-refractivity contribution in [2.24, 2.45) is 5.73 Å². The molecule has 4 rings (SSSR count). The number of nitrogens with two attached hydrogens (primary N) is 1. The summed E-state index contributed by atoms with van der Waals surface area (Å²) in [7, 11) is 0. The molecule has 0 saturated carbocycles. The molecule has 0 aromatic heterocycles. The van der Waals surface area contributed by atoms with Gasteiger partial charge in [0.25, 0.3) is 11.8 Å². The van der Waals surface area contributed by atoms with E-state index in [0.717, 1.165) is 16.7 Å². The minimum Gasteiger partial charge on any atom is -0.348 e. The molecule has 0 bridgehead atoms. The topological polar surface area (TPSA) is 122 Å².